The van der Waals surface area contributed by atoms with E-state index in [1.807, 2.05) is 243 Å². The van der Waals surface area contributed by atoms with Gasteiger partial charge in [-0.3, -0.25) is 0 Å². The average molecular weight is 1770 g/mol. The van der Waals surface area contributed by atoms with Crippen molar-refractivity contribution in [2.75, 3.05) is 9.80 Å². The van der Waals surface area contributed by atoms with Crippen molar-refractivity contribution in [3.63, 3.8) is 0 Å². The second-order valence-corrected chi connectivity index (χ2v) is 34.4. The summed E-state index contributed by atoms with van der Waals surface area (Å²) in [5, 5.41) is 0. The lowest BCUT2D eigenvalue weighted by atomic mass is 9.33. The van der Waals surface area contributed by atoms with E-state index >= 15 is 0 Å². The van der Waals surface area contributed by atoms with Crippen LogP contribution in [0.5, 0.6) is 0 Å². The molecule has 0 amide bonds. The molecule has 0 spiro atoms. The zero-order valence-corrected chi connectivity index (χ0v) is 72.8. The molecular formula is C106H65BN30. The molecule has 30 nitrogen and oxygen atoms in total. The van der Waals surface area contributed by atoms with E-state index in [9.17, 15) is 0 Å². The van der Waals surface area contributed by atoms with Crippen molar-refractivity contribution in [3.8, 4) is 0 Å². The number of nitrogens with zero attached hydrogens (tertiary/aromatic N) is 30. The summed E-state index contributed by atoms with van der Waals surface area (Å²) in [6.45, 7) is 6.26. The Labute approximate surface area is 781 Å². The van der Waals surface area contributed by atoms with Crippen LogP contribution in [0, 0.1) is 0 Å². The highest BCUT2D eigenvalue weighted by molar-refractivity contribution is 7.00. The van der Waals surface area contributed by atoms with E-state index in [1.165, 1.54) is 0 Å². The summed E-state index contributed by atoms with van der Waals surface area (Å²) in [6, 6.07) is 113. The quantitative estimate of drug-likeness (QED) is 0.0952. The molecular weight excluding hydrogens is 1700 g/mol. The van der Waals surface area contributed by atoms with Crippen molar-refractivity contribution in [1.82, 2.24) is 19.6 Å². The lowest BCUT2D eigenvalue weighted by Gasteiger charge is -2.45. The highest BCUT2D eigenvalue weighted by atomic mass is 15.5. The smallest absolute Gasteiger partial charge is 0.252 e. The van der Waals surface area contributed by atoms with Gasteiger partial charge in [-0.15, -0.1) is 0 Å². The molecule has 0 unspecified atom stereocenters. The monoisotopic (exact) mass is 1770 g/mol. The molecule has 0 N–H and O–H groups in total. The van der Waals surface area contributed by atoms with E-state index < -0.39 is 12.1 Å². The fraction of sp³-hybridized carbons (Fsp3) is 0.0377. The Morgan fingerprint density at radius 3 is 0.533 bits per heavy atom. The summed E-state index contributed by atoms with van der Waals surface area (Å²) >= 11 is 0. The number of benzene rings is 13. The van der Waals surface area contributed by atoms with Crippen LogP contribution in [0.4, 0.5) is 34.1 Å². The van der Waals surface area contributed by atoms with Gasteiger partial charge in [0.15, 0.2) is 70.0 Å². The van der Waals surface area contributed by atoms with Crippen molar-refractivity contribution < 1.29 is 0 Å². The molecule has 642 valence electrons. The first-order valence-corrected chi connectivity index (χ1v) is 44.4. The first-order chi connectivity index (χ1) is 67.4. The van der Waals surface area contributed by atoms with Crippen molar-refractivity contribution in [2.24, 2.45) is 120 Å². The third-order valence-corrected chi connectivity index (χ3v) is 24.8. The lowest BCUT2D eigenvalue weighted by molar-refractivity contribution is 0.590. The molecule has 13 aromatic carbocycles. The summed E-state index contributed by atoms with van der Waals surface area (Å²) in [4.78, 5) is 136. The van der Waals surface area contributed by atoms with Crippen LogP contribution in [-0.2, 0) is 5.41 Å². The van der Waals surface area contributed by atoms with Gasteiger partial charge < -0.3 is 9.80 Å². The highest BCUT2D eigenvalue weighted by Crippen LogP contribution is 2.48. The van der Waals surface area contributed by atoms with Crippen LogP contribution in [0.2, 0.25) is 0 Å². The van der Waals surface area contributed by atoms with Gasteiger partial charge in [0.2, 0.25) is 71.5 Å². The standard InChI is InChI=1S/C106H65BN30/c1-106(2,3)72-58-79-81-80(59-72)133(74-52-46-69(47-53-74)91-126-100-118-84(62-32-16-6-17-33-62)110-95-111-85(63-34-18-7-19-35-63)119-101(127-91)135(95)100)78-57-71(93-130-104-122-88(66-40-24-10-25-41-66)114-97-115-89(67-42-26-11-27-43-67)123-105(131-93)137(97)104)49-55-76(78)107(81)75-54-48-70(92-128-102-120-86(64-36-20-8-21-37-64)112-96-113-87(65-38-22-9-23-39-65)121-103(129-92)136(96)102)56-77(75)132(79)73-50-44-68(45-51-73)90-124-98-116-82(60-28-12-4-13-29-60)108-94-109-83(61-30-14-5-15-31-61)117-99(125-90)134(94)98/h4-59H,1-3H3. The van der Waals surface area contributed by atoms with Gasteiger partial charge in [0.1, 0.15) is 0 Å². The van der Waals surface area contributed by atoms with Gasteiger partial charge in [0.05, 0.1) is 0 Å². The third kappa shape index (κ3) is 13.3. The predicted octanol–water partition coefficient (Wildman–Crippen LogP) is 15.3. The SMILES string of the molecule is CC(C)(C)c1cc2c3c(c1)N(c1ccc(C4=NC5=NC(c6ccccc6)=NC6=NC(c7ccccc7)=NC(=N4)N65)cc1)c1cc(C4=NC5=NC(c6ccccc6)=NC6=NC(c7ccccc7)=NC(=N4)N65)ccc1B3c1ccc(C3=NC4=NC(c5ccccc5)=NC5=NC(c6ccccc6)=NC(=N3)N54)cc1N2c1ccc(C2=NC3=NC(c4ccccc4)=NC4=NC(c5ccccc5)=NC(=N2)N43)cc1. The van der Waals surface area contributed by atoms with Crippen LogP contribution in [0.15, 0.2) is 460 Å². The minimum Gasteiger partial charge on any atom is -0.311 e. The number of aliphatic imine (C=N–C) groups is 24. The molecule has 14 aliphatic rings. The summed E-state index contributed by atoms with van der Waals surface area (Å²) in [5.74, 6) is 8.86. The molecule has 13 aromatic rings. The number of amidine groups is 12. The Balaban J connectivity index is 0.663. The lowest BCUT2D eigenvalue weighted by Crippen LogP contribution is -2.61. The average Bonchev–Trinajstić information content (AvgIpc) is 0.690. The molecule has 0 fully saturated rings. The van der Waals surface area contributed by atoms with Gasteiger partial charge in [-0.25, -0.2) is 19.6 Å². The highest BCUT2D eigenvalue weighted by Gasteiger charge is 2.48. The number of guanidine groups is 12. The van der Waals surface area contributed by atoms with Crippen LogP contribution in [0.1, 0.15) is 93.1 Å². The fourth-order valence-electron chi connectivity index (χ4n) is 18.2. The number of rotatable bonds is 14. The molecule has 0 saturated heterocycles. The van der Waals surface area contributed by atoms with Crippen LogP contribution in [-0.4, -0.2) is 168 Å². The summed E-state index contributed by atoms with van der Waals surface area (Å²) in [6.07, 6.45) is 0. The maximum Gasteiger partial charge on any atom is 0.252 e. The first kappa shape index (κ1) is 77.7. The molecule has 0 aliphatic carbocycles. The Hall–Kier alpha value is -19.2. The van der Waals surface area contributed by atoms with Crippen molar-refractivity contribution in [2.45, 2.75) is 26.2 Å². The minimum absolute atomic E-state index is 0.302. The molecule has 0 aromatic heterocycles. The Kier molecular flexibility index (Phi) is 17.4. The van der Waals surface area contributed by atoms with E-state index in [4.69, 9.17) is 120 Å². The van der Waals surface area contributed by atoms with Crippen molar-refractivity contribution in [3.05, 3.63) is 412 Å². The Bertz CT molecular complexity index is 7720. The molecule has 0 saturated carbocycles. The van der Waals surface area contributed by atoms with Crippen LogP contribution < -0.4 is 26.2 Å². The van der Waals surface area contributed by atoms with E-state index in [2.05, 4.69) is 128 Å². The normalized spacial score (nSPS) is 17.5. The number of hydrogen-bond donors (Lipinski definition) is 0. The van der Waals surface area contributed by atoms with Crippen LogP contribution in [0.25, 0.3) is 0 Å². The van der Waals surface area contributed by atoms with Crippen LogP contribution >= 0.6 is 0 Å². The molecule has 31 heteroatoms. The number of fused-ring (bicyclic) bond motifs is 4. The number of hydrogen-bond acceptors (Lipinski definition) is 30. The van der Waals surface area contributed by atoms with Gasteiger partial charge in [-0.05, 0) is 100 Å². The summed E-state index contributed by atoms with van der Waals surface area (Å²) in [7, 11) is 0. The van der Waals surface area contributed by atoms with E-state index in [0.717, 1.165) is 101 Å². The largest absolute Gasteiger partial charge is 0.311 e. The zero-order chi connectivity index (χ0) is 90.7. The van der Waals surface area contributed by atoms with Crippen molar-refractivity contribution >= 4 is 199 Å². The van der Waals surface area contributed by atoms with Crippen molar-refractivity contribution in [1.29, 1.82) is 0 Å². The van der Waals surface area contributed by atoms with Gasteiger partial charge in [-0.1, -0.05) is 288 Å². The van der Waals surface area contributed by atoms with Gasteiger partial charge in [0, 0.05) is 101 Å². The van der Waals surface area contributed by atoms with Crippen LogP contribution in [0.3, 0.4) is 0 Å². The Morgan fingerprint density at radius 2 is 0.343 bits per heavy atom. The van der Waals surface area contributed by atoms with E-state index in [0.29, 0.717) is 164 Å². The zero-order valence-electron chi connectivity index (χ0n) is 72.8. The second kappa shape index (κ2) is 30.7. The van der Waals surface area contributed by atoms with Gasteiger partial charge in [0.25, 0.3) is 6.71 Å². The molecule has 0 atom stereocenters. The van der Waals surface area contributed by atoms with E-state index in [1.54, 1.807) is 19.6 Å². The molecule has 137 heavy (non-hydrogen) atoms. The fourth-order valence-corrected chi connectivity index (χ4v) is 18.2. The van der Waals surface area contributed by atoms with Gasteiger partial charge in [-0.2, -0.15) is 120 Å². The predicted molar refractivity (Wildman–Crippen MR) is 546 cm³/mol. The minimum atomic E-state index is -0.487. The molecule has 0 radical (unpaired) electrons. The maximum absolute atomic E-state index is 5.40. The molecule has 0 bridgehead atoms. The molecule has 14 aliphatic heterocycles. The second-order valence-electron chi connectivity index (χ2n) is 34.4. The third-order valence-electron chi connectivity index (χ3n) is 24.8. The topological polar surface area (TPSA) is 316 Å². The number of anilines is 6. The van der Waals surface area contributed by atoms with Gasteiger partial charge >= 0.3 is 0 Å². The Morgan fingerprint density at radius 1 is 0.168 bits per heavy atom. The summed E-state index contributed by atoms with van der Waals surface area (Å²) in [5.41, 5.74) is 17.6. The summed E-state index contributed by atoms with van der Waals surface area (Å²) < 4.78 is 0. The molecule has 27 rings (SSSR count). The van der Waals surface area contributed by atoms with E-state index in [-0.39, 0.29) is 0 Å². The first-order valence-electron chi connectivity index (χ1n) is 44.4. The maximum atomic E-state index is 5.40. The molecule has 14 heterocycles.